The molecule has 1 aromatic heterocycles. The number of pyridine rings is 1. The van der Waals surface area contributed by atoms with E-state index in [0.717, 1.165) is 10.3 Å². The lowest BCUT2D eigenvalue weighted by atomic mass is 10.00. The van der Waals surface area contributed by atoms with Crippen LogP contribution in [0.4, 0.5) is 13.2 Å². The fourth-order valence-electron chi connectivity index (χ4n) is 2.94. The van der Waals surface area contributed by atoms with E-state index in [2.05, 4.69) is 4.98 Å². The van der Waals surface area contributed by atoms with E-state index in [1.165, 1.54) is 6.20 Å². The number of hydrogen-bond donors (Lipinski definition) is 0. The SMILES string of the molecule is O=C(c1nccc2ccccc12)N1CCCCC1C(F)(F)F. The number of likely N-dealkylation sites (tertiary alicyclic amines) is 1. The standard InChI is InChI=1S/C16H15F3N2O/c17-16(18,19)13-7-3-4-10-21(13)15(22)14-12-6-2-1-5-11(12)8-9-20-14/h1-2,5-6,8-9,13H,3-4,7,10H2. The van der Waals surface area contributed by atoms with Crippen molar-refractivity contribution in [3.63, 3.8) is 0 Å². The van der Waals surface area contributed by atoms with Gasteiger partial charge >= 0.3 is 6.18 Å². The highest BCUT2D eigenvalue weighted by atomic mass is 19.4. The number of aromatic nitrogens is 1. The monoisotopic (exact) mass is 308 g/mol. The van der Waals surface area contributed by atoms with Crippen molar-refractivity contribution in [3.8, 4) is 0 Å². The molecular weight excluding hydrogens is 293 g/mol. The molecule has 1 fully saturated rings. The van der Waals surface area contributed by atoms with Crippen LogP contribution in [0.5, 0.6) is 0 Å². The highest BCUT2D eigenvalue weighted by Gasteiger charge is 2.46. The summed E-state index contributed by atoms with van der Waals surface area (Å²) < 4.78 is 39.5. The number of amides is 1. The van der Waals surface area contributed by atoms with Crippen LogP contribution in [0, 0.1) is 0 Å². The minimum atomic E-state index is -4.40. The molecule has 1 aliphatic heterocycles. The van der Waals surface area contributed by atoms with Gasteiger partial charge in [-0.25, -0.2) is 0 Å². The van der Waals surface area contributed by atoms with Crippen molar-refractivity contribution < 1.29 is 18.0 Å². The first-order valence-corrected chi connectivity index (χ1v) is 7.20. The molecule has 1 atom stereocenters. The highest BCUT2D eigenvalue weighted by Crippen LogP contribution is 2.33. The summed E-state index contributed by atoms with van der Waals surface area (Å²) in [6.45, 7) is 0.119. The van der Waals surface area contributed by atoms with E-state index in [1.807, 2.05) is 12.1 Å². The summed E-state index contributed by atoms with van der Waals surface area (Å²) in [4.78, 5) is 17.6. The number of alkyl halides is 3. The van der Waals surface area contributed by atoms with Crippen LogP contribution in [0.25, 0.3) is 10.8 Å². The topological polar surface area (TPSA) is 33.2 Å². The molecule has 0 saturated carbocycles. The number of rotatable bonds is 1. The number of carbonyl (C=O) groups excluding carboxylic acids is 1. The van der Waals surface area contributed by atoms with E-state index in [4.69, 9.17) is 0 Å². The Morgan fingerprint density at radius 3 is 2.73 bits per heavy atom. The molecule has 0 aliphatic carbocycles. The minimum absolute atomic E-state index is 0.0417. The molecule has 6 heteroatoms. The fraction of sp³-hybridized carbons (Fsp3) is 0.375. The van der Waals surface area contributed by atoms with Crippen LogP contribution in [0.1, 0.15) is 29.8 Å². The molecule has 2 aromatic rings. The number of hydrogen-bond acceptors (Lipinski definition) is 2. The number of halogens is 3. The number of benzene rings is 1. The maximum atomic E-state index is 13.2. The quantitative estimate of drug-likeness (QED) is 0.803. The largest absolute Gasteiger partial charge is 0.408 e. The zero-order valence-corrected chi connectivity index (χ0v) is 11.8. The summed E-state index contributed by atoms with van der Waals surface area (Å²) in [6.07, 6.45) is -1.91. The molecule has 1 aromatic carbocycles. The maximum Gasteiger partial charge on any atom is 0.408 e. The summed E-state index contributed by atoms with van der Waals surface area (Å²) in [5.74, 6) is -0.640. The predicted molar refractivity (Wildman–Crippen MR) is 76.5 cm³/mol. The Morgan fingerprint density at radius 2 is 1.95 bits per heavy atom. The van der Waals surface area contributed by atoms with E-state index in [9.17, 15) is 18.0 Å². The average molecular weight is 308 g/mol. The normalized spacial score (nSPS) is 19.4. The second-order valence-corrected chi connectivity index (χ2v) is 5.43. The predicted octanol–water partition coefficient (Wildman–Crippen LogP) is 3.79. The van der Waals surface area contributed by atoms with E-state index < -0.39 is 18.1 Å². The van der Waals surface area contributed by atoms with Crippen molar-refractivity contribution in [1.29, 1.82) is 0 Å². The smallest absolute Gasteiger partial charge is 0.325 e. The van der Waals surface area contributed by atoms with Crippen LogP contribution in [0.15, 0.2) is 36.5 Å². The first-order valence-electron chi connectivity index (χ1n) is 7.20. The Bertz CT molecular complexity index is 694. The van der Waals surface area contributed by atoms with Crippen LogP contribution < -0.4 is 0 Å². The van der Waals surface area contributed by atoms with Gasteiger partial charge in [0.25, 0.3) is 5.91 Å². The van der Waals surface area contributed by atoms with E-state index in [-0.39, 0.29) is 18.7 Å². The van der Waals surface area contributed by atoms with E-state index in [1.54, 1.807) is 18.2 Å². The van der Waals surface area contributed by atoms with Gasteiger partial charge in [-0.15, -0.1) is 0 Å². The van der Waals surface area contributed by atoms with Gasteiger partial charge in [0.2, 0.25) is 0 Å². The molecule has 116 valence electrons. The van der Waals surface area contributed by atoms with Gasteiger partial charge in [-0.3, -0.25) is 9.78 Å². The number of fused-ring (bicyclic) bond motifs is 1. The third-order valence-corrected chi connectivity index (χ3v) is 4.02. The Morgan fingerprint density at radius 1 is 1.18 bits per heavy atom. The van der Waals surface area contributed by atoms with Gasteiger partial charge in [-0.05, 0) is 30.7 Å². The molecule has 1 amide bonds. The van der Waals surface area contributed by atoms with Gasteiger partial charge in [0.15, 0.2) is 0 Å². The summed E-state index contributed by atoms with van der Waals surface area (Å²) in [5, 5.41) is 1.38. The lowest BCUT2D eigenvalue weighted by Gasteiger charge is -2.36. The van der Waals surface area contributed by atoms with Gasteiger partial charge in [0.05, 0.1) is 0 Å². The molecule has 0 radical (unpaired) electrons. The number of nitrogens with zero attached hydrogens (tertiary/aromatic N) is 2. The third kappa shape index (κ3) is 2.65. The van der Waals surface area contributed by atoms with Gasteiger partial charge < -0.3 is 4.90 Å². The molecule has 0 spiro atoms. The van der Waals surface area contributed by atoms with Crippen LogP contribution in [-0.4, -0.2) is 34.6 Å². The van der Waals surface area contributed by atoms with Crippen LogP contribution >= 0.6 is 0 Å². The van der Waals surface area contributed by atoms with Crippen molar-refractivity contribution >= 4 is 16.7 Å². The lowest BCUT2D eigenvalue weighted by molar-refractivity contribution is -0.183. The van der Waals surface area contributed by atoms with Gasteiger partial charge in [0, 0.05) is 18.1 Å². The second-order valence-electron chi connectivity index (χ2n) is 5.43. The van der Waals surface area contributed by atoms with Crippen molar-refractivity contribution in [2.45, 2.75) is 31.5 Å². The molecule has 1 saturated heterocycles. The molecule has 0 N–H and O–H groups in total. The summed E-state index contributed by atoms with van der Waals surface area (Å²) in [5.41, 5.74) is 0.0919. The molecule has 1 aliphatic rings. The summed E-state index contributed by atoms with van der Waals surface area (Å²) in [7, 11) is 0. The minimum Gasteiger partial charge on any atom is -0.325 e. The Kier molecular flexibility index (Phi) is 3.76. The Balaban J connectivity index is 2.01. The van der Waals surface area contributed by atoms with Crippen molar-refractivity contribution in [1.82, 2.24) is 9.88 Å². The van der Waals surface area contributed by atoms with Crippen LogP contribution in [0.3, 0.4) is 0 Å². The molecule has 2 heterocycles. The van der Waals surface area contributed by atoms with E-state index in [0.29, 0.717) is 18.2 Å². The van der Waals surface area contributed by atoms with Crippen LogP contribution in [0.2, 0.25) is 0 Å². The van der Waals surface area contributed by atoms with Crippen LogP contribution in [-0.2, 0) is 0 Å². The summed E-state index contributed by atoms with van der Waals surface area (Å²) in [6, 6.07) is 7.11. The zero-order valence-electron chi connectivity index (χ0n) is 11.8. The summed E-state index contributed by atoms with van der Waals surface area (Å²) >= 11 is 0. The Hall–Kier alpha value is -2.11. The Labute approximate surface area is 125 Å². The first kappa shape index (κ1) is 14.8. The average Bonchev–Trinajstić information content (AvgIpc) is 2.53. The van der Waals surface area contributed by atoms with Crippen molar-refractivity contribution in [2.75, 3.05) is 6.54 Å². The van der Waals surface area contributed by atoms with E-state index >= 15 is 0 Å². The molecule has 22 heavy (non-hydrogen) atoms. The molecule has 0 bridgehead atoms. The number of carbonyl (C=O) groups is 1. The molecule has 3 rings (SSSR count). The van der Waals surface area contributed by atoms with Gasteiger partial charge in [0.1, 0.15) is 11.7 Å². The molecule has 1 unspecified atom stereocenters. The van der Waals surface area contributed by atoms with Crippen molar-refractivity contribution in [3.05, 3.63) is 42.2 Å². The third-order valence-electron chi connectivity index (χ3n) is 4.02. The molecule has 3 nitrogen and oxygen atoms in total. The highest BCUT2D eigenvalue weighted by molar-refractivity contribution is 6.05. The maximum absolute atomic E-state index is 13.2. The van der Waals surface area contributed by atoms with Gasteiger partial charge in [-0.1, -0.05) is 24.3 Å². The number of piperidine rings is 1. The first-order chi connectivity index (χ1) is 10.5. The fourth-order valence-corrected chi connectivity index (χ4v) is 2.94. The molecular formula is C16H15F3N2O. The zero-order chi connectivity index (χ0) is 15.7. The lowest BCUT2D eigenvalue weighted by Crippen LogP contribution is -2.51. The van der Waals surface area contributed by atoms with Gasteiger partial charge in [-0.2, -0.15) is 13.2 Å². The van der Waals surface area contributed by atoms with Crippen molar-refractivity contribution in [2.24, 2.45) is 0 Å². The second kappa shape index (κ2) is 5.59.